The normalized spacial score (nSPS) is 11.2. The molecule has 1 heterocycles. The Morgan fingerprint density at radius 3 is 2.07 bits per heavy atom. The Morgan fingerprint density at radius 2 is 1.33 bits per heavy atom. The Morgan fingerprint density at radius 1 is 0.667 bits per heavy atom. The molecule has 30 heavy (non-hydrogen) atoms. The minimum Gasteiger partial charge on any atom is -0.225 e. The first-order valence-corrected chi connectivity index (χ1v) is 10.4. The summed E-state index contributed by atoms with van der Waals surface area (Å²) in [5, 5.41) is 0. The summed E-state index contributed by atoms with van der Waals surface area (Å²) in [6.07, 6.45) is 0. The maximum Gasteiger partial charge on any atom is 0.295 e. The number of benzene rings is 4. The first kappa shape index (κ1) is 18.4. The van der Waals surface area contributed by atoms with Gasteiger partial charge in [-0.3, -0.25) is 0 Å². The molecule has 0 radical (unpaired) electrons. The van der Waals surface area contributed by atoms with Crippen LogP contribution in [0, 0.1) is 13.8 Å². The van der Waals surface area contributed by atoms with Crippen molar-refractivity contribution >= 4 is 11.0 Å². The summed E-state index contributed by atoms with van der Waals surface area (Å²) in [6, 6.07) is 34.7. The average molecular weight is 390 g/mol. The largest absolute Gasteiger partial charge is 0.295 e. The van der Waals surface area contributed by atoms with E-state index >= 15 is 0 Å². The summed E-state index contributed by atoms with van der Waals surface area (Å²) in [5.74, 6) is 1.20. The molecule has 2 heteroatoms. The molecular weight excluding hydrogens is 364 g/mol. The van der Waals surface area contributed by atoms with Crippen LogP contribution in [0.1, 0.15) is 11.1 Å². The summed E-state index contributed by atoms with van der Waals surface area (Å²) in [4.78, 5) is 0. The van der Waals surface area contributed by atoms with Crippen molar-refractivity contribution in [2.75, 3.05) is 0 Å². The molecule has 0 aliphatic heterocycles. The number of nitrogens with zero attached hydrogens (tertiary/aromatic N) is 2. The first-order valence-electron chi connectivity index (χ1n) is 10.4. The third kappa shape index (κ3) is 3.02. The molecule has 5 rings (SSSR count). The zero-order valence-corrected chi connectivity index (χ0v) is 17.6. The Bertz CT molecular complexity index is 1340. The van der Waals surface area contributed by atoms with Crippen LogP contribution in [-0.2, 0) is 7.05 Å². The van der Waals surface area contributed by atoms with Gasteiger partial charge in [0.25, 0.3) is 5.82 Å². The molecule has 4 aromatic carbocycles. The van der Waals surface area contributed by atoms with Crippen LogP contribution in [0.15, 0.2) is 97.1 Å². The molecule has 5 aromatic rings. The van der Waals surface area contributed by atoms with E-state index in [0.29, 0.717) is 0 Å². The van der Waals surface area contributed by atoms with Crippen LogP contribution in [0.2, 0.25) is 0 Å². The minimum atomic E-state index is 1.17. The van der Waals surface area contributed by atoms with Gasteiger partial charge in [0.15, 0.2) is 11.0 Å². The summed E-state index contributed by atoms with van der Waals surface area (Å²) in [5.41, 5.74) is 9.90. The van der Waals surface area contributed by atoms with E-state index in [9.17, 15) is 0 Å². The minimum absolute atomic E-state index is 1.17. The molecule has 0 N–H and O–H groups in total. The van der Waals surface area contributed by atoms with Crippen molar-refractivity contribution in [3.63, 3.8) is 0 Å². The maximum atomic E-state index is 2.38. The van der Waals surface area contributed by atoms with Crippen molar-refractivity contribution in [1.29, 1.82) is 0 Å². The second-order valence-electron chi connectivity index (χ2n) is 7.94. The van der Waals surface area contributed by atoms with Gasteiger partial charge in [-0.25, -0.2) is 4.57 Å². The molecule has 2 nitrogen and oxygen atoms in total. The molecule has 0 spiro atoms. The van der Waals surface area contributed by atoms with E-state index in [2.05, 4.69) is 127 Å². The highest BCUT2D eigenvalue weighted by Gasteiger charge is 2.26. The van der Waals surface area contributed by atoms with Crippen LogP contribution >= 0.6 is 0 Å². The van der Waals surface area contributed by atoms with E-state index in [4.69, 9.17) is 0 Å². The molecule has 0 saturated carbocycles. The van der Waals surface area contributed by atoms with Gasteiger partial charge in [0.1, 0.15) is 5.69 Å². The number of aryl methyl sites for hydroxylation is 3. The molecule has 0 fully saturated rings. The predicted molar refractivity (Wildman–Crippen MR) is 125 cm³/mol. The molecule has 0 amide bonds. The Labute approximate surface area is 177 Å². The number of hydrogen-bond donors (Lipinski definition) is 0. The van der Waals surface area contributed by atoms with Crippen LogP contribution < -0.4 is 4.57 Å². The number of rotatable bonds is 3. The van der Waals surface area contributed by atoms with Gasteiger partial charge in [-0.2, -0.15) is 4.57 Å². The molecular formula is C28H25N2+. The highest BCUT2D eigenvalue weighted by atomic mass is 15.2. The van der Waals surface area contributed by atoms with Crippen molar-refractivity contribution in [2.24, 2.45) is 7.05 Å². The van der Waals surface area contributed by atoms with E-state index in [-0.39, 0.29) is 0 Å². The predicted octanol–water partition coefficient (Wildman–Crippen LogP) is 6.41. The number of aromatic nitrogens is 2. The summed E-state index contributed by atoms with van der Waals surface area (Å²) in [6.45, 7) is 4.34. The number of fused-ring (bicyclic) bond motifs is 1. The van der Waals surface area contributed by atoms with Gasteiger partial charge >= 0.3 is 0 Å². The highest BCUT2D eigenvalue weighted by Crippen LogP contribution is 2.30. The molecule has 0 atom stereocenters. The smallest absolute Gasteiger partial charge is 0.225 e. The van der Waals surface area contributed by atoms with E-state index in [0.717, 1.165) is 0 Å². The fraction of sp³-hybridized carbons (Fsp3) is 0.107. The second kappa shape index (κ2) is 7.31. The first-order chi connectivity index (χ1) is 14.6. The summed E-state index contributed by atoms with van der Waals surface area (Å²) in [7, 11) is 2.16. The van der Waals surface area contributed by atoms with Crippen LogP contribution in [0.5, 0.6) is 0 Å². The fourth-order valence-electron chi connectivity index (χ4n) is 4.38. The fourth-order valence-corrected chi connectivity index (χ4v) is 4.38. The van der Waals surface area contributed by atoms with Gasteiger partial charge in [-0.05, 0) is 60.9 Å². The lowest BCUT2D eigenvalue weighted by Gasteiger charge is -2.08. The number of hydrogen-bond acceptors (Lipinski definition) is 0. The van der Waals surface area contributed by atoms with Crippen molar-refractivity contribution in [1.82, 2.24) is 4.57 Å². The van der Waals surface area contributed by atoms with E-state index in [1.807, 2.05) is 0 Å². The van der Waals surface area contributed by atoms with Crippen LogP contribution in [0.4, 0.5) is 0 Å². The summed E-state index contributed by atoms with van der Waals surface area (Å²) < 4.78 is 4.68. The standard InChI is InChI=1S/C28H25N2/c1-20-13-18-25(21(2)19-20)28-29(3)26-11-7-8-12-27(26)30(28)24-16-14-23(15-17-24)22-9-5-4-6-10-22/h4-19H,1-3H3/q+1. The molecule has 0 bridgehead atoms. The maximum absolute atomic E-state index is 2.38. The van der Waals surface area contributed by atoms with Crippen molar-refractivity contribution in [3.8, 4) is 28.2 Å². The zero-order valence-electron chi connectivity index (χ0n) is 17.6. The Hall–Kier alpha value is -3.65. The lowest BCUT2D eigenvalue weighted by atomic mass is 10.0. The molecule has 1 aromatic heterocycles. The quantitative estimate of drug-likeness (QED) is 0.315. The average Bonchev–Trinajstić information content (AvgIpc) is 3.07. The summed E-state index contributed by atoms with van der Waals surface area (Å²) >= 11 is 0. The molecule has 0 unspecified atom stereocenters. The van der Waals surface area contributed by atoms with E-state index in [1.165, 1.54) is 50.4 Å². The highest BCUT2D eigenvalue weighted by molar-refractivity contribution is 5.80. The molecule has 0 saturated heterocycles. The van der Waals surface area contributed by atoms with Gasteiger partial charge in [-0.1, -0.05) is 72.3 Å². The zero-order chi connectivity index (χ0) is 20.7. The lowest BCUT2D eigenvalue weighted by Crippen LogP contribution is -2.30. The monoisotopic (exact) mass is 389 g/mol. The molecule has 0 aliphatic carbocycles. The van der Waals surface area contributed by atoms with Gasteiger partial charge in [0, 0.05) is 0 Å². The third-order valence-corrected chi connectivity index (χ3v) is 5.87. The van der Waals surface area contributed by atoms with E-state index < -0.39 is 0 Å². The molecule has 146 valence electrons. The van der Waals surface area contributed by atoms with Gasteiger partial charge in [0.2, 0.25) is 0 Å². The lowest BCUT2D eigenvalue weighted by molar-refractivity contribution is -0.633. The van der Waals surface area contributed by atoms with Gasteiger partial charge < -0.3 is 0 Å². The van der Waals surface area contributed by atoms with Crippen LogP contribution in [0.25, 0.3) is 39.2 Å². The molecule has 0 aliphatic rings. The van der Waals surface area contributed by atoms with Crippen molar-refractivity contribution in [3.05, 3.63) is 108 Å². The number of para-hydroxylation sites is 2. The van der Waals surface area contributed by atoms with E-state index in [1.54, 1.807) is 0 Å². The SMILES string of the molecule is Cc1ccc(-c2n(-c3ccc(-c4ccccc4)cc3)c3ccccc3[n+]2C)c(C)c1. The Kier molecular flexibility index (Phi) is 4.48. The third-order valence-electron chi connectivity index (χ3n) is 5.87. The van der Waals surface area contributed by atoms with Crippen LogP contribution in [0.3, 0.4) is 0 Å². The number of imidazole rings is 1. The second-order valence-corrected chi connectivity index (χ2v) is 7.94. The van der Waals surface area contributed by atoms with Crippen LogP contribution in [-0.4, -0.2) is 4.57 Å². The topological polar surface area (TPSA) is 8.81 Å². The van der Waals surface area contributed by atoms with Crippen molar-refractivity contribution < 1.29 is 4.57 Å². The van der Waals surface area contributed by atoms with Gasteiger partial charge in [0.05, 0.1) is 12.6 Å². The van der Waals surface area contributed by atoms with Crippen molar-refractivity contribution in [2.45, 2.75) is 13.8 Å². The Balaban J connectivity index is 1.74. The van der Waals surface area contributed by atoms with Gasteiger partial charge in [-0.15, -0.1) is 0 Å².